The van der Waals surface area contributed by atoms with Crippen LogP contribution in [0.4, 0.5) is 0 Å². The number of aryl methyl sites for hydroxylation is 2. The van der Waals surface area contributed by atoms with Crippen LogP contribution in [0.1, 0.15) is 34.3 Å². The molecule has 0 unspecified atom stereocenters. The summed E-state index contributed by atoms with van der Waals surface area (Å²) in [5.41, 5.74) is 6.01. The maximum Gasteiger partial charge on any atom is 0.234 e. The van der Waals surface area contributed by atoms with E-state index in [1.54, 1.807) is 0 Å². The zero-order valence-corrected chi connectivity index (χ0v) is 18.3. The number of fused-ring (bicyclic) bond motifs is 1. The highest BCUT2D eigenvalue weighted by atomic mass is 15.3. The summed E-state index contributed by atoms with van der Waals surface area (Å²) in [5, 5.41) is 0. The van der Waals surface area contributed by atoms with Crippen LogP contribution in [-0.2, 0) is 6.54 Å². The number of benzene rings is 2. The monoisotopic (exact) mass is 411 g/mol. The van der Waals surface area contributed by atoms with E-state index >= 15 is 0 Å². The minimum absolute atomic E-state index is 0.301. The second-order valence-corrected chi connectivity index (χ2v) is 8.48. The van der Waals surface area contributed by atoms with Gasteiger partial charge in [-0.1, -0.05) is 60.7 Å². The van der Waals surface area contributed by atoms with Gasteiger partial charge in [0.2, 0.25) is 5.78 Å². The SMILES string of the molecule is Cc1cc(C)n2cc(CN3CCN(C(c4ccccc4)c4ccccc4)CC3)nc2n1. The van der Waals surface area contributed by atoms with E-state index in [2.05, 4.69) is 99.0 Å². The average Bonchev–Trinajstić information content (AvgIpc) is 3.19. The fourth-order valence-corrected chi connectivity index (χ4v) is 4.69. The first-order chi connectivity index (χ1) is 15.2. The van der Waals surface area contributed by atoms with E-state index in [-0.39, 0.29) is 0 Å². The van der Waals surface area contributed by atoms with Crippen molar-refractivity contribution >= 4 is 5.78 Å². The van der Waals surface area contributed by atoms with E-state index in [0.29, 0.717) is 6.04 Å². The molecular weight excluding hydrogens is 382 g/mol. The zero-order chi connectivity index (χ0) is 21.2. The van der Waals surface area contributed by atoms with Gasteiger partial charge >= 0.3 is 0 Å². The second-order valence-electron chi connectivity index (χ2n) is 8.48. The highest BCUT2D eigenvalue weighted by molar-refractivity contribution is 5.35. The largest absolute Gasteiger partial charge is 0.295 e. The van der Waals surface area contributed by atoms with Gasteiger partial charge in [-0.15, -0.1) is 0 Å². The fourth-order valence-electron chi connectivity index (χ4n) is 4.69. The summed E-state index contributed by atoms with van der Waals surface area (Å²) < 4.78 is 2.10. The minimum Gasteiger partial charge on any atom is -0.295 e. The van der Waals surface area contributed by atoms with Gasteiger partial charge in [-0.3, -0.25) is 14.2 Å². The molecule has 4 aromatic rings. The van der Waals surface area contributed by atoms with E-state index in [9.17, 15) is 0 Å². The van der Waals surface area contributed by atoms with Crippen LogP contribution in [0, 0.1) is 13.8 Å². The van der Waals surface area contributed by atoms with Gasteiger partial charge in [-0.05, 0) is 31.0 Å². The molecule has 0 N–H and O–H groups in total. The van der Waals surface area contributed by atoms with Crippen molar-refractivity contribution in [1.29, 1.82) is 0 Å². The lowest BCUT2D eigenvalue weighted by Gasteiger charge is -2.39. The molecule has 0 radical (unpaired) electrons. The van der Waals surface area contributed by atoms with Crippen molar-refractivity contribution in [2.45, 2.75) is 26.4 Å². The number of nitrogens with zero attached hydrogens (tertiary/aromatic N) is 5. The Kier molecular flexibility index (Phi) is 5.53. The molecule has 0 amide bonds. The summed E-state index contributed by atoms with van der Waals surface area (Å²) in [6.45, 7) is 9.16. The first-order valence-electron chi connectivity index (χ1n) is 11.1. The highest BCUT2D eigenvalue weighted by Crippen LogP contribution is 2.29. The lowest BCUT2D eigenvalue weighted by atomic mass is 9.96. The molecule has 31 heavy (non-hydrogen) atoms. The van der Waals surface area contributed by atoms with Gasteiger partial charge < -0.3 is 0 Å². The van der Waals surface area contributed by atoms with E-state index < -0.39 is 0 Å². The lowest BCUT2D eigenvalue weighted by molar-refractivity contribution is 0.104. The van der Waals surface area contributed by atoms with Crippen LogP contribution in [0.5, 0.6) is 0 Å². The quantitative estimate of drug-likeness (QED) is 0.492. The third-order valence-electron chi connectivity index (χ3n) is 6.20. The molecule has 0 atom stereocenters. The van der Waals surface area contributed by atoms with Crippen molar-refractivity contribution in [3.63, 3.8) is 0 Å². The molecule has 5 nitrogen and oxygen atoms in total. The Bertz CT molecular complexity index is 1110. The maximum atomic E-state index is 4.77. The van der Waals surface area contributed by atoms with Gasteiger partial charge in [0.1, 0.15) is 0 Å². The average molecular weight is 412 g/mol. The molecule has 0 saturated carbocycles. The van der Waals surface area contributed by atoms with Crippen LogP contribution in [-0.4, -0.2) is 50.3 Å². The summed E-state index contributed by atoms with van der Waals surface area (Å²) in [7, 11) is 0. The topological polar surface area (TPSA) is 36.7 Å². The standard InChI is InChI=1S/C26H29N5/c1-20-17-21(2)31-19-24(28-26(31)27-20)18-29-13-15-30(16-14-29)25(22-9-5-3-6-10-22)23-11-7-4-8-12-23/h3-12,17,19,25H,13-16,18H2,1-2H3. The molecule has 2 aromatic carbocycles. The van der Waals surface area contributed by atoms with Gasteiger partial charge in [0, 0.05) is 50.3 Å². The molecule has 5 heteroatoms. The molecular formula is C26H29N5. The smallest absolute Gasteiger partial charge is 0.234 e. The van der Waals surface area contributed by atoms with E-state index in [1.807, 2.05) is 6.92 Å². The Morgan fingerprint density at radius 3 is 2.03 bits per heavy atom. The van der Waals surface area contributed by atoms with Crippen molar-refractivity contribution in [2.75, 3.05) is 26.2 Å². The molecule has 5 rings (SSSR count). The van der Waals surface area contributed by atoms with Gasteiger partial charge in [0.25, 0.3) is 0 Å². The first-order valence-corrected chi connectivity index (χ1v) is 11.1. The number of rotatable bonds is 5. The molecule has 0 bridgehead atoms. The normalized spacial score (nSPS) is 15.7. The molecule has 0 aliphatic carbocycles. The highest BCUT2D eigenvalue weighted by Gasteiger charge is 2.26. The number of aromatic nitrogens is 3. The number of hydrogen-bond donors (Lipinski definition) is 0. The molecule has 3 heterocycles. The third-order valence-corrected chi connectivity index (χ3v) is 6.20. The van der Waals surface area contributed by atoms with E-state index in [0.717, 1.165) is 49.9 Å². The van der Waals surface area contributed by atoms with Crippen LogP contribution in [0.25, 0.3) is 5.78 Å². The molecule has 1 aliphatic rings. The third kappa shape index (κ3) is 4.24. The molecule has 1 aliphatic heterocycles. The maximum absolute atomic E-state index is 4.77. The number of hydrogen-bond acceptors (Lipinski definition) is 4. The number of piperazine rings is 1. The molecule has 0 spiro atoms. The zero-order valence-electron chi connectivity index (χ0n) is 18.3. The predicted molar refractivity (Wildman–Crippen MR) is 124 cm³/mol. The van der Waals surface area contributed by atoms with Gasteiger partial charge in [0.15, 0.2) is 0 Å². The minimum atomic E-state index is 0.301. The molecule has 1 fully saturated rings. The van der Waals surface area contributed by atoms with Crippen LogP contribution in [0.3, 0.4) is 0 Å². The van der Waals surface area contributed by atoms with Crippen molar-refractivity contribution in [1.82, 2.24) is 24.2 Å². The summed E-state index contributed by atoms with van der Waals surface area (Å²) in [6, 6.07) is 24.1. The van der Waals surface area contributed by atoms with Crippen molar-refractivity contribution in [2.24, 2.45) is 0 Å². The summed E-state index contributed by atoms with van der Waals surface area (Å²) in [4.78, 5) is 14.5. The van der Waals surface area contributed by atoms with Crippen LogP contribution >= 0.6 is 0 Å². The van der Waals surface area contributed by atoms with Crippen molar-refractivity contribution < 1.29 is 0 Å². The Morgan fingerprint density at radius 2 is 1.42 bits per heavy atom. The van der Waals surface area contributed by atoms with Crippen molar-refractivity contribution in [3.8, 4) is 0 Å². The number of imidazole rings is 1. The second kappa shape index (κ2) is 8.61. The Balaban J connectivity index is 1.30. The van der Waals surface area contributed by atoms with E-state index in [1.165, 1.54) is 16.8 Å². The van der Waals surface area contributed by atoms with Gasteiger partial charge in [0.05, 0.1) is 11.7 Å². The summed E-state index contributed by atoms with van der Waals surface area (Å²) in [6.07, 6.45) is 2.14. The Hall–Kier alpha value is -3.02. The molecule has 2 aromatic heterocycles. The summed E-state index contributed by atoms with van der Waals surface area (Å²) >= 11 is 0. The van der Waals surface area contributed by atoms with Crippen LogP contribution < -0.4 is 0 Å². The van der Waals surface area contributed by atoms with Crippen LogP contribution in [0.2, 0.25) is 0 Å². The van der Waals surface area contributed by atoms with Crippen molar-refractivity contribution in [3.05, 3.63) is 101 Å². The molecule has 158 valence electrons. The first kappa shape index (κ1) is 19.9. The van der Waals surface area contributed by atoms with E-state index in [4.69, 9.17) is 4.98 Å². The van der Waals surface area contributed by atoms with Gasteiger partial charge in [-0.25, -0.2) is 9.97 Å². The summed E-state index contributed by atoms with van der Waals surface area (Å²) in [5.74, 6) is 0.805. The van der Waals surface area contributed by atoms with Gasteiger partial charge in [-0.2, -0.15) is 0 Å². The van der Waals surface area contributed by atoms with Crippen LogP contribution in [0.15, 0.2) is 72.9 Å². The predicted octanol–water partition coefficient (Wildman–Crippen LogP) is 4.25. The Labute approximate surface area is 184 Å². The molecule has 1 saturated heterocycles. The lowest BCUT2D eigenvalue weighted by Crippen LogP contribution is -2.47. The fraction of sp³-hybridized carbons (Fsp3) is 0.308. The Morgan fingerprint density at radius 1 is 0.806 bits per heavy atom.